The van der Waals surface area contributed by atoms with Crippen LogP contribution < -0.4 is 20.5 Å². The third-order valence-electron chi connectivity index (χ3n) is 4.48. The van der Waals surface area contributed by atoms with Crippen molar-refractivity contribution in [2.45, 2.75) is 6.92 Å². The Bertz CT molecular complexity index is 1220. The van der Waals surface area contributed by atoms with Crippen LogP contribution in [0.15, 0.2) is 58.4 Å². The number of methoxy groups -OCH3 is 2. The Morgan fingerprint density at radius 2 is 1.68 bits per heavy atom. The molecule has 2 aromatic carbocycles. The molecular weight excluding hydrogens is 398 g/mol. The highest BCUT2D eigenvalue weighted by Gasteiger charge is 2.20. The molecule has 0 unspecified atom stereocenters. The molecule has 156 valence electrons. The summed E-state index contributed by atoms with van der Waals surface area (Å²) >= 11 is 0. The fourth-order valence-corrected chi connectivity index (χ4v) is 2.76. The second-order valence-corrected chi connectivity index (χ2v) is 6.35. The number of carbonyl (C=O) groups is 1. The number of nitriles is 1. The maximum atomic E-state index is 12.7. The summed E-state index contributed by atoms with van der Waals surface area (Å²) in [6.45, 7) is 1.49. The van der Waals surface area contributed by atoms with Crippen LogP contribution in [-0.4, -0.2) is 36.1 Å². The molecule has 0 atom stereocenters. The molecule has 3 rings (SSSR count). The van der Waals surface area contributed by atoms with Gasteiger partial charge in [0, 0.05) is 5.56 Å². The lowest BCUT2D eigenvalue weighted by molar-refractivity contribution is 0.0947. The summed E-state index contributed by atoms with van der Waals surface area (Å²) in [4.78, 5) is 25.3. The minimum absolute atomic E-state index is 0.0844. The molecule has 1 heterocycles. The smallest absolute Gasteiger partial charge is 0.292 e. The van der Waals surface area contributed by atoms with Crippen LogP contribution in [0.1, 0.15) is 27.2 Å². The van der Waals surface area contributed by atoms with Gasteiger partial charge in [0.05, 0.1) is 26.1 Å². The fraction of sp³-hybridized carbons (Fsp3) is 0.136. The van der Waals surface area contributed by atoms with E-state index in [-0.39, 0.29) is 16.8 Å². The number of amides is 1. The van der Waals surface area contributed by atoms with Gasteiger partial charge in [0.15, 0.2) is 5.69 Å². The minimum Gasteiger partial charge on any atom is -0.497 e. The SMILES string of the molecule is COc1ccc(/C=N/NC(=O)c2nn(-c3ccc(OC)cc3)c(=O)c(C#N)c2C)cc1. The van der Waals surface area contributed by atoms with Crippen LogP contribution >= 0.6 is 0 Å². The summed E-state index contributed by atoms with van der Waals surface area (Å²) in [6.07, 6.45) is 1.46. The summed E-state index contributed by atoms with van der Waals surface area (Å²) < 4.78 is 11.2. The maximum Gasteiger partial charge on any atom is 0.292 e. The quantitative estimate of drug-likeness (QED) is 0.485. The molecular formula is C22H19N5O4. The van der Waals surface area contributed by atoms with Crippen LogP contribution in [0.25, 0.3) is 5.69 Å². The number of carbonyl (C=O) groups excluding carboxylic acids is 1. The average molecular weight is 417 g/mol. The van der Waals surface area contributed by atoms with Gasteiger partial charge in [-0.25, -0.2) is 5.43 Å². The highest BCUT2D eigenvalue weighted by atomic mass is 16.5. The number of hydrazone groups is 1. The van der Waals surface area contributed by atoms with Gasteiger partial charge in [-0.3, -0.25) is 9.59 Å². The summed E-state index contributed by atoms with van der Waals surface area (Å²) in [5.41, 5.74) is 2.80. The van der Waals surface area contributed by atoms with E-state index in [9.17, 15) is 14.9 Å². The summed E-state index contributed by atoms with van der Waals surface area (Å²) in [5, 5.41) is 17.5. The Morgan fingerprint density at radius 1 is 1.10 bits per heavy atom. The van der Waals surface area contributed by atoms with Crippen molar-refractivity contribution in [3.8, 4) is 23.3 Å². The average Bonchev–Trinajstić information content (AvgIpc) is 2.80. The van der Waals surface area contributed by atoms with Gasteiger partial charge < -0.3 is 9.47 Å². The zero-order valence-electron chi connectivity index (χ0n) is 17.1. The molecule has 9 nitrogen and oxygen atoms in total. The van der Waals surface area contributed by atoms with Crippen molar-refractivity contribution >= 4 is 12.1 Å². The molecule has 0 fully saturated rings. The van der Waals surface area contributed by atoms with Crippen molar-refractivity contribution in [3.63, 3.8) is 0 Å². The minimum atomic E-state index is -0.652. The van der Waals surface area contributed by atoms with Crippen molar-refractivity contribution in [2.24, 2.45) is 5.10 Å². The topological polar surface area (TPSA) is 119 Å². The number of benzene rings is 2. The molecule has 0 bridgehead atoms. The van der Waals surface area contributed by atoms with E-state index in [1.807, 2.05) is 6.07 Å². The van der Waals surface area contributed by atoms with Gasteiger partial charge in [-0.2, -0.15) is 20.1 Å². The van der Waals surface area contributed by atoms with Gasteiger partial charge in [0.2, 0.25) is 0 Å². The molecule has 0 radical (unpaired) electrons. The standard InChI is InChI=1S/C22H19N5O4/c1-14-19(12-23)22(29)27(16-6-10-18(31-3)11-7-16)26-20(14)21(28)25-24-13-15-4-8-17(30-2)9-5-15/h4-11,13H,1-3H3,(H,25,28)/b24-13+. The Hall–Kier alpha value is -4.45. The predicted octanol–water partition coefficient (Wildman–Crippen LogP) is 2.19. The largest absolute Gasteiger partial charge is 0.497 e. The van der Waals surface area contributed by atoms with Crippen LogP contribution in [0, 0.1) is 18.3 Å². The summed E-state index contributed by atoms with van der Waals surface area (Å²) in [5.74, 6) is 0.641. The van der Waals surface area contributed by atoms with Gasteiger partial charge in [-0.05, 0) is 61.0 Å². The first kappa shape index (κ1) is 21.3. The van der Waals surface area contributed by atoms with Crippen molar-refractivity contribution in [2.75, 3.05) is 14.2 Å². The lowest BCUT2D eigenvalue weighted by Gasteiger charge is -2.11. The fourth-order valence-electron chi connectivity index (χ4n) is 2.76. The van der Waals surface area contributed by atoms with Crippen molar-refractivity contribution in [1.29, 1.82) is 5.26 Å². The van der Waals surface area contributed by atoms with E-state index in [4.69, 9.17) is 9.47 Å². The van der Waals surface area contributed by atoms with E-state index in [0.717, 1.165) is 10.2 Å². The van der Waals surface area contributed by atoms with Gasteiger partial charge in [0.1, 0.15) is 23.1 Å². The van der Waals surface area contributed by atoms with Crippen molar-refractivity contribution < 1.29 is 14.3 Å². The molecule has 31 heavy (non-hydrogen) atoms. The molecule has 0 aliphatic carbocycles. The lowest BCUT2D eigenvalue weighted by Crippen LogP contribution is -2.31. The highest BCUT2D eigenvalue weighted by Crippen LogP contribution is 2.15. The Labute approximate surface area is 178 Å². The molecule has 0 saturated carbocycles. The molecule has 1 aromatic heterocycles. The molecule has 0 spiro atoms. The second-order valence-electron chi connectivity index (χ2n) is 6.35. The first-order valence-corrected chi connectivity index (χ1v) is 9.14. The van der Waals surface area contributed by atoms with Crippen molar-refractivity contribution in [1.82, 2.24) is 15.2 Å². The highest BCUT2D eigenvalue weighted by molar-refractivity contribution is 5.94. The number of hydrogen-bond acceptors (Lipinski definition) is 7. The van der Waals surface area contributed by atoms with E-state index >= 15 is 0 Å². The van der Waals surface area contributed by atoms with Crippen LogP contribution in [0.3, 0.4) is 0 Å². The molecule has 1 N–H and O–H groups in total. The van der Waals surface area contributed by atoms with E-state index in [2.05, 4.69) is 15.6 Å². The van der Waals surface area contributed by atoms with Crippen LogP contribution in [0.2, 0.25) is 0 Å². The molecule has 0 aliphatic heterocycles. The van der Waals surface area contributed by atoms with Crippen LogP contribution in [-0.2, 0) is 0 Å². The zero-order valence-corrected chi connectivity index (χ0v) is 17.1. The van der Waals surface area contributed by atoms with Crippen molar-refractivity contribution in [3.05, 3.63) is 81.3 Å². The number of aromatic nitrogens is 2. The maximum absolute atomic E-state index is 12.7. The summed E-state index contributed by atoms with van der Waals surface area (Å²) in [6, 6.07) is 15.4. The van der Waals surface area contributed by atoms with Gasteiger partial charge in [-0.1, -0.05) is 0 Å². The van der Waals surface area contributed by atoms with E-state index in [1.54, 1.807) is 55.6 Å². The van der Waals surface area contributed by atoms with Gasteiger partial charge >= 0.3 is 0 Å². The molecule has 0 saturated heterocycles. The van der Waals surface area contributed by atoms with E-state index in [0.29, 0.717) is 17.2 Å². The number of hydrogen-bond donors (Lipinski definition) is 1. The molecule has 1 amide bonds. The summed E-state index contributed by atoms with van der Waals surface area (Å²) in [7, 11) is 3.09. The number of nitrogens with one attached hydrogen (secondary N) is 1. The van der Waals surface area contributed by atoms with Gasteiger partial charge in [-0.15, -0.1) is 0 Å². The third-order valence-corrected chi connectivity index (χ3v) is 4.48. The van der Waals surface area contributed by atoms with E-state index < -0.39 is 11.5 Å². The Kier molecular flexibility index (Phi) is 6.42. The first-order valence-electron chi connectivity index (χ1n) is 9.14. The second kappa shape index (κ2) is 9.37. The lowest BCUT2D eigenvalue weighted by atomic mass is 10.1. The van der Waals surface area contributed by atoms with Crippen LogP contribution in [0.4, 0.5) is 0 Å². The Morgan fingerprint density at radius 3 is 2.23 bits per heavy atom. The number of rotatable bonds is 6. The number of nitrogens with zero attached hydrogens (tertiary/aromatic N) is 4. The van der Waals surface area contributed by atoms with Crippen LogP contribution in [0.5, 0.6) is 11.5 Å². The zero-order chi connectivity index (χ0) is 22.4. The monoisotopic (exact) mass is 417 g/mol. The van der Waals surface area contributed by atoms with Gasteiger partial charge in [0.25, 0.3) is 11.5 Å². The predicted molar refractivity (Wildman–Crippen MR) is 114 cm³/mol. The molecule has 0 aliphatic rings. The normalized spacial score (nSPS) is 10.5. The molecule has 3 aromatic rings. The Balaban J connectivity index is 1.91. The van der Waals surface area contributed by atoms with E-state index in [1.165, 1.54) is 20.2 Å². The first-order chi connectivity index (χ1) is 15.0. The third kappa shape index (κ3) is 4.59. The number of ether oxygens (including phenoxy) is 2. The molecule has 9 heteroatoms.